The quantitative estimate of drug-likeness (QED) is 0.793. The van der Waals surface area contributed by atoms with E-state index in [9.17, 15) is 9.90 Å². The van der Waals surface area contributed by atoms with Crippen LogP contribution in [0.4, 0.5) is 0 Å². The highest BCUT2D eigenvalue weighted by atomic mass is 35.5. The minimum atomic E-state index is -0.889. The van der Waals surface area contributed by atoms with Gasteiger partial charge in [-0.25, -0.2) is 0 Å². The average molecular weight is 306 g/mol. The van der Waals surface area contributed by atoms with Gasteiger partial charge < -0.3 is 10.4 Å². The summed E-state index contributed by atoms with van der Waals surface area (Å²) >= 11 is 6.16. The summed E-state index contributed by atoms with van der Waals surface area (Å²) in [6, 6.07) is 3.88. The molecule has 0 saturated heterocycles. The number of rotatable bonds is 2. The second-order valence-electron chi connectivity index (χ2n) is 6.28. The molecule has 0 bridgehead atoms. The van der Waals surface area contributed by atoms with Crippen LogP contribution >= 0.6 is 11.6 Å². The number of nitrogens with zero attached hydrogens (tertiary/aromatic N) is 1. The van der Waals surface area contributed by atoms with Gasteiger partial charge in [0.25, 0.3) is 0 Å². The van der Waals surface area contributed by atoms with Crippen molar-refractivity contribution in [3.8, 4) is 0 Å². The normalized spacial score (nSPS) is 34.0. The first-order valence-electron chi connectivity index (χ1n) is 7.10. The van der Waals surface area contributed by atoms with E-state index < -0.39 is 5.60 Å². The molecule has 3 N–H and O–H groups in total. The zero-order valence-corrected chi connectivity index (χ0v) is 12.3. The lowest BCUT2D eigenvalue weighted by atomic mass is 9.87. The third-order valence-electron chi connectivity index (χ3n) is 4.86. The van der Waals surface area contributed by atoms with Crippen molar-refractivity contribution in [2.75, 3.05) is 0 Å². The van der Waals surface area contributed by atoms with Gasteiger partial charge in [0, 0.05) is 28.9 Å². The maximum absolute atomic E-state index is 11.1. The van der Waals surface area contributed by atoms with E-state index in [0.717, 1.165) is 16.5 Å². The SMILES string of the molecule is CC(=O)NC1[C@H]2CC(O)(c3cc(Cl)cc4cn[nH]c34)C[C@@H]12. The van der Waals surface area contributed by atoms with Crippen molar-refractivity contribution >= 4 is 28.4 Å². The molecule has 21 heavy (non-hydrogen) atoms. The number of carbonyl (C=O) groups is 1. The molecule has 2 unspecified atom stereocenters. The van der Waals surface area contributed by atoms with Crippen molar-refractivity contribution in [3.05, 3.63) is 28.9 Å². The average Bonchev–Trinajstić information content (AvgIpc) is 2.83. The molecule has 5 nitrogen and oxygen atoms in total. The molecule has 1 aromatic heterocycles. The summed E-state index contributed by atoms with van der Waals surface area (Å²) in [6.07, 6.45) is 3.01. The summed E-state index contributed by atoms with van der Waals surface area (Å²) in [4.78, 5) is 11.1. The Kier molecular flexibility index (Phi) is 2.63. The molecular weight excluding hydrogens is 290 g/mol. The van der Waals surface area contributed by atoms with Crippen LogP contribution in [0, 0.1) is 11.8 Å². The van der Waals surface area contributed by atoms with E-state index in [1.54, 1.807) is 6.20 Å². The van der Waals surface area contributed by atoms with E-state index in [1.165, 1.54) is 6.92 Å². The Morgan fingerprint density at radius 1 is 1.48 bits per heavy atom. The van der Waals surface area contributed by atoms with E-state index in [2.05, 4.69) is 15.5 Å². The van der Waals surface area contributed by atoms with Gasteiger partial charge in [0.1, 0.15) is 0 Å². The molecule has 2 aliphatic carbocycles. The van der Waals surface area contributed by atoms with Crippen molar-refractivity contribution in [2.24, 2.45) is 11.8 Å². The summed E-state index contributed by atoms with van der Waals surface area (Å²) in [5.41, 5.74) is 0.774. The van der Waals surface area contributed by atoms with Crippen molar-refractivity contribution in [2.45, 2.75) is 31.4 Å². The van der Waals surface area contributed by atoms with Crippen LogP contribution in [0.3, 0.4) is 0 Å². The molecule has 4 rings (SSSR count). The summed E-state index contributed by atoms with van der Waals surface area (Å²) in [6.45, 7) is 1.53. The van der Waals surface area contributed by atoms with Gasteiger partial charge in [0.05, 0.1) is 17.3 Å². The zero-order chi connectivity index (χ0) is 14.8. The van der Waals surface area contributed by atoms with Crippen molar-refractivity contribution in [1.29, 1.82) is 0 Å². The number of aromatic nitrogens is 2. The summed E-state index contributed by atoms with van der Waals surface area (Å²) in [5.74, 6) is 0.711. The fraction of sp³-hybridized carbons (Fsp3) is 0.467. The Bertz CT molecular complexity index is 730. The maximum Gasteiger partial charge on any atom is 0.217 e. The predicted molar refractivity (Wildman–Crippen MR) is 78.8 cm³/mol. The number of fused-ring (bicyclic) bond motifs is 2. The van der Waals surface area contributed by atoms with Crippen LogP contribution in [-0.2, 0) is 10.4 Å². The number of nitrogens with one attached hydrogen (secondary N) is 2. The number of hydrogen-bond donors (Lipinski definition) is 3. The molecule has 2 saturated carbocycles. The van der Waals surface area contributed by atoms with E-state index in [0.29, 0.717) is 29.7 Å². The molecule has 2 fully saturated rings. The minimum Gasteiger partial charge on any atom is -0.385 e. The highest BCUT2D eigenvalue weighted by Crippen LogP contribution is 2.60. The Hall–Kier alpha value is -1.59. The molecule has 0 aliphatic heterocycles. The first kappa shape index (κ1) is 13.1. The number of aliphatic hydroxyl groups is 1. The zero-order valence-electron chi connectivity index (χ0n) is 11.6. The Morgan fingerprint density at radius 3 is 2.86 bits per heavy atom. The van der Waals surface area contributed by atoms with E-state index in [4.69, 9.17) is 11.6 Å². The minimum absolute atomic E-state index is 0.00310. The number of benzene rings is 1. The monoisotopic (exact) mass is 305 g/mol. The molecule has 0 radical (unpaired) electrons. The number of hydrogen-bond acceptors (Lipinski definition) is 3. The highest BCUT2D eigenvalue weighted by molar-refractivity contribution is 6.31. The van der Waals surface area contributed by atoms with Crippen LogP contribution in [0.15, 0.2) is 18.3 Å². The molecule has 4 atom stereocenters. The highest BCUT2D eigenvalue weighted by Gasteiger charge is 2.62. The second-order valence-corrected chi connectivity index (χ2v) is 6.72. The molecular formula is C15H16ClN3O2. The summed E-state index contributed by atoms with van der Waals surface area (Å²) in [7, 11) is 0. The van der Waals surface area contributed by atoms with E-state index in [1.807, 2.05) is 12.1 Å². The van der Waals surface area contributed by atoms with Gasteiger partial charge in [0.15, 0.2) is 0 Å². The number of halogens is 1. The first-order valence-corrected chi connectivity index (χ1v) is 7.48. The second kappa shape index (κ2) is 4.21. The van der Waals surface area contributed by atoms with Crippen LogP contribution in [0.5, 0.6) is 0 Å². The fourth-order valence-electron chi connectivity index (χ4n) is 3.92. The van der Waals surface area contributed by atoms with Crippen LogP contribution in [-0.4, -0.2) is 27.3 Å². The maximum atomic E-state index is 11.1. The fourth-order valence-corrected chi connectivity index (χ4v) is 4.15. The van der Waals surface area contributed by atoms with E-state index in [-0.39, 0.29) is 11.9 Å². The molecule has 6 heteroatoms. The molecule has 1 amide bonds. The first-order chi connectivity index (χ1) is 9.98. The van der Waals surface area contributed by atoms with E-state index >= 15 is 0 Å². The van der Waals surface area contributed by atoms with Gasteiger partial charge >= 0.3 is 0 Å². The van der Waals surface area contributed by atoms with Gasteiger partial charge in [-0.15, -0.1) is 0 Å². The lowest BCUT2D eigenvalue weighted by Crippen LogP contribution is -2.32. The Morgan fingerprint density at radius 2 is 2.19 bits per heavy atom. The number of aromatic amines is 1. The van der Waals surface area contributed by atoms with Gasteiger partial charge in [0.2, 0.25) is 5.91 Å². The van der Waals surface area contributed by atoms with Crippen molar-refractivity contribution in [3.63, 3.8) is 0 Å². The van der Waals surface area contributed by atoms with Gasteiger partial charge in [-0.2, -0.15) is 5.10 Å². The number of carbonyl (C=O) groups excluding carboxylic acids is 1. The van der Waals surface area contributed by atoms with Gasteiger partial charge in [-0.1, -0.05) is 11.6 Å². The third-order valence-corrected chi connectivity index (χ3v) is 5.08. The largest absolute Gasteiger partial charge is 0.385 e. The topological polar surface area (TPSA) is 78.0 Å². The number of amides is 1. The molecule has 2 aliphatic rings. The molecule has 1 heterocycles. The van der Waals surface area contributed by atoms with Gasteiger partial charge in [-0.3, -0.25) is 9.89 Å². The Labute approximate surface area is 126 Å². The van der Waals surface area contributed by atoms with Crippen molar-refractivity contribution in [1.82, 2.24) is 15.5 Å². The molecule has 110 valence electrons. The molecule has 2 aromatic rings. The van der Waals surface area contributed by atoms with Crippen LogP contribution in [0.1, 0.15) is 25.3 Å². The number of H-pyrrole nitrogens is 1. The third kappa shape index (κ3) is 1.95. The van der Waals surface area contributed by atoms with Gasteiger partial charge in [-0.05, 0) is 36.8 Å². The van der Waals surface area contributed by atoms with Crippen molar-refractivity contribution < 1.29 is 9.90 Å². The Balaban J connectivity index is 1.65. The van der Waals surface area contributed by atoms with Crippen LogP contribution in [0.2, 0.25) is 5.02 Å². The smallest absolute Gasteiger partial charge is 0.217 e. The predicted octanol–water partition coefficient (Wildman–Crippen LogP) is 1.95. The lowest BCUT2D eigenvalue weighted by Gasteiger charge is -2.27. The van der Waals surface area contributed by atoms with Crippen LogP contribution in [0.25, 0.3) is 10.9 Å². The van der Waals surface area contributed by atoms with Crippen LogP contribution < -0.4 is 5.32 Å². The lowest BCUT2D eigenvalue weighted by molar-refractivity contribution is -0.119. The standard InChI is InChI=1S/C15H16ClN3O2/c1-7(20)18-14-10-4-15(21,5-11(10)14)12-3-9(16)2-8-6-17-19-13(8)12/h2-3,6,10-11,14,21H,4-5H2,1H3,(H,17,19)(H,18,20)/t10-,11+,14?,15?. The molecule has 0 spiro atoms. The summed E-state index contributed by atoms with van der Waals surface area (Å²) < 4.78 is 0. The summed E-state index contributed by atoms with van der Waals surface area (Å²) in [5, 5.41) is 22.5. The molecule has 1 aromatic carbocycles.